The van der Waals surface area contributed by atoms with Crippen LogP contribution in [0.2, 0.25) is 0 Å². The van der Waals surface area contributed by atoms with Crippen LogP contribution in [0, 0.1) is 11.8 Å². The summed E-state index contributed by atoms with van der Waals surface area (Å²) in [4.78, 5) is 4.93. The Morgan fingerprint density at radius 3 is 2.70 bits per heavy atom. The van der Waals surface area contributed by atoms with Gasteiger partial charge in [0.1, 0.15) is 0 Å². The number of hydroxylamine groups is 1. The standard InChI is InChI=1S/C8H15NO/c1-10-9-8-5-6-2-3-7(8)4-6/h6-9H,2-5H2,1H3. The maximum Gasteiger partial charge on any atom is 0.0572 e. The van der Waals surface area contributed by atoms with Crippen molar-refractivity contribution >= 4 is 0 Å². The van der Waals surface area contributed by atoms with E-state index in [9.17, 15) is 0 Å². The molecule has 0 aromatic heterocycles. The average Bonchev–Trinajstić information content (AvgIpc) is 2.48. The molecule has 0 saturated heterocycles. The molecule has 2 bridgehead atoms. The normalized spacial score (nSPS) is 44.7. The summed E-state index contributed by atoms with van der Waals surface area (Å²) in [5.74, 6) is 1.93. The highest BCUT2D eigenvalue weighted by Gasteiger charge is 2.39. The Labute approximate surface area is 61.9 Å². The fourth-order valence-corrected chi connectivity index (χ4v) is 2.54. The molecule has 2 saturated carbocycles. The smallest absolute Gasteiger partial charge is 0.0572 e. The van der Waals surface area contributed by atoms with Crippen LogP contribution < -0.4 is 5.48 Å². The van der Waals surface area contributed by atoms with E-state index >= 15 is 0 Å². The van der Waals surface area contributed by atoms with Gasteiger partial charge in [-0.1, -0.05) is 6.42 Å². The van der Waals surface area contributed by atoms with Crippen molar-refractivity contribution in [2.24, 2.45) is 11.8 Å². The van der Waals surface area contributed by atoms with Crippen molar-refractivity contribution in [1.82, 2.24) is 5.48 Å². The second-order valence-electron chi connectivity index (χ2n) is 3.60. The summed E-state index contributed by atoms with van der Waals surface area (Å²) in [6.07, 6.45) is 5.68. The molecule has 2 aliphatic carbocycles. The average molecular weight is 141 g/mol. The summed E-state index contributed by atoms with van der Waals surface area (Å²) in [5.41, 5.74) is 3.08. The minimum Gasteiger partial charge on any atom is -0.305 e. The Morgan fingerprint density at radius 1 is 1.30 bits per heavy atom. The van der Waals surface area contributed by atoms with E-state index in [1.165, 1.54) is 25.7 Å². The first-order valence-electron chi connectivity index (χ1n) is 4.18. The highest BCUT2D eigenvalue weighted by atomic mass is 16.6. The van der Waals surface area contributed by atoms with Gasteiger partial charge in [-0.3, -0.25) is 0 Å². The molecule has 0 aromatic carbocycles. The van der Waals surface area contributed by atoms with Gasteiger partial charge in [0.25, 0.3) is 0 Å². The summed E-state index contributed by atoms with van der Waals surface area (Å²) >= 11 is 0. The Hall–Kier alpha value is -0.0800. The minimum absolute atomic E-state index is 0.670. The molecule has 0 aliphatic heterocycles. The van der Waals surface area contributed by atoms with E-state index in [0.717, 1.165) is 11.8 Å². The number of rotatable bonds is 2. The molecule has 2 fully saturated rings. The Bertz CT molecular complexity index is 126. The molecule has 0 heterocycles. The minimum atomic E-state index is 0.670. The van der Waals surface area contributed by atoms with Gasteiger partial charge in [0.15, 0.2) is 0 Å². The van der Waals surface area contributed by atoms with Crippen molar-refractivity contribution in [3.8, 4) is 0 Å². The van der Waals surface area contributed by atoms with E-state index in [1.54, 1.807) is 7.11 Å². The lowest BCUT2D eigenvalue weighted by Crippen LogP contribution is -2.32. The SMILES string of the molecule is CONC1CC2CCC1C2. The van der Waals surface area contributed by atoms with Crippen molar-refractivity contribution in [3.63, 3.8) is 0 Å². The summed E-state index contributed by atoms with van der Waals surface area (Å²) in [6.45, 7) is 0. The van der Waals surface area contributed by atoms with Gasteiger partial charge in [-0.05, 0) is 31.1 Å². The van der Waals surface area contributed by atoms with Gasteiger partial charge < -0.3 is 4.84 Å². The lowest BCUT2D eigenvalue weighted by Gasteiger charge is -2.20. The third kappa shape index (κ3) is 0.956. The number of hydrogen-bond acceptors (Lipinski definition) is 2. The fourth-order valence-electron chi connectivity index (χ4n) is 2.54. The molecule has 0 spiro atoms. The van der Waals surface area contributed by atoms with Crippen molar-refractivity contribution in [1.29, 1.82) is 0 Å². The van der Waals surface area contributed by atoms with E-state index in [-0.39, 0.29) is 0 Å². The predicted molar refractivity (Wildman–Crippen MR) is 39.4 cm³/mol. The molecule has 0 amide bonds. The largest absolute Gasteiger partial charge is 0.305 e. The lowest BCUT2D eigenvalue weighted by atomic mass is 9.96. The van der Waals surface area contributed by atoms with Crippen LogP contribution in [0.4, 0.5) is 0 Å². The Morgan fingerprint density at radius 2 is 2.20 bits per heavy atom. The van der Waals surface area contributed by atoms with Crippen molar-refractivity contribution < 1.29 is 4.84 Å². The van der Waals surface area contributed by atoms with Gasteiger partial charge in [0.2, 0.25) is 0 Å². The maximum atomic E-state index is 4.93. The summed E-state index contributed by atoms with van der Waals surface area (Å²) in [7, 11) is 1.71. The molecule has 3 unspecified atom stereocenters. The van der Waals surface area contributed by atoms with Crippen LogP contribution in [0.25, 0.3) is 0 Å². The first kappa shape index (κ1) is 6.62. The van der Waals surface area contributed by atoms with Crippen LogP contribution in [0.1, 0.15) is 25.7 Å². The predicted octanol–water partition coefficient (Wildman–Crippen LogP) is 1.33. The molecular formula is C8H15NO. The van der Waals surface area contributed by atoms with Gasteiger partial charge in [0, 0.05) is 6.04 Å². The van der Waals surface area contributed by atoms with Crippen LogP contribution in [0.15, 0.2) is 0 Å². The van der Waals surface area contributed by atoms with Crippen molar-refractivity contribution in [2.45, 2.75) is 31.7 Å². The molecule has 3 atom stereocenters. The van der Waals surface area contributed by atoms with E-state index in [4.69, 9.17) is 4.84 Å². The van der Waals surface area contributed by atoms with Crippen LogP contribution in [0.3, 0.4) is 0 Å². The van der Waals surface area contributed by atoms with Crippen LogP contribution >= 0.6 is 0 Å². The molecule has 1 N–H and O–H groups in total. The summed E-state index contributed by atoms with van der Waals surface area (Å²) < 4.78 is 0. The van der Waals surface area contributed by atoms with Crippen molar-refractivity contribution in [2.75, 3.05) is 7.11 Å². The molecular weight excluding hydrogens is 126 g/mol. The molecule has 2 nitrogen and oxygen atoms in total. The molecule has 2 rings (SSSR count). The summed E-state index contributed by atoms with van der Waals surface area (Å²) in [6, 6.07) is 0.670. The highest BCUT2D eigenvalue weighted by molar-refractivity contribution is 4.92. The Balaban J connectivity index is 1.90. The van der Waals surface area contributed by atoms with Crippen LogP contribution in [0.5, 0.6) is 0 Å². The van der Waals surface area contributed by atoms with Gasteiger partial charge in [0.05, 0.1) is 7.11 Å². The quantitative estimate of drug-likeness (QED) is 0.586. The number of nitrogens with one attached hydrogen (secondary N) is 1. The highest BCUT2D eigenvalue weighted by Crippen LogP contribution is 2.44. The zero-order chi connectivity index (χ0) is 6.97. The number of hydrogen-bond donors (Lipinski definition) is 1. The fraction of sp³-hybridized carbons (Fsp3) is 1.00. The molecule has 0 radical (unpaired) electrons. The zero-order valence-corrected chi connectivity index (χ0v) is 6.47. The monoisotopic (exact) mass is 141 g/mol. The topological polar surface area (TPSA) is 21.3 Å². The maximum absolute atomic E-state index is 4.93. The molecule has 2 heteroatoms. The number of fused-ring (bicyclic) bond motifs is 2. The van der Waals surface area contributed by atoms with Gasteiger partial charge in [-0.2, -0.15) is 5.48 Å². The first-order valence-corrected chi connectivity index (χ1v) is 4.18. The molecule has 2 aliphatic rings. The summed E-state index contributed by atoms with van der Waals surface area (Å²) in [5, 5.41) is 0. The van der Waals surface area contributed by atoms with Crippen LogP contribution in [-0.4, -0.2) is 13.2 Å². The Kier molecular flexibility index (Phi) is 1.66. The second kappa shape index (κ2) is 2.51. The third-order valence-corrected chi connectivity index (χ3v) is 3.01. The zero-order valence-electron chi connectivity index (χ0n) is 6.47. The first-order chi connectivity index (χ1) is 4.90. The third-order valence-electron chi connectivity index (χ3n) is 3.01. The molecule has 58 valence electrons. The van der Waals surface area contributed by atoms with Gasteiger partial charge >= 0.3 is 0 Å². The van der Waals surface area contributed by atoms with E-state index < -0.39 is 0 Å². The van der Waals surface area contributed by atoms with E-state index in [1.807, 2.05) is 0 Å². The second-order valence-corrected chi connectivity index (χ2v) is 3.60. The van der Waals surface area contributed by atoms with Crippen molar-refractivity contribution in [3.05, 3.63) is 0 Å². The van der Waals surface area contributed by atoms with E-state index in [2.05, 4.69) is 5.48 Å². The van der Waals surface area contributed by atoms with Gasteiger partial charge in [-0.15, -0.1) is 0 Å². The molecule has 10 heavy (non-hydrogen) atoms. The lowest BCUT2D eigenvalue weighted by molar-refractivity contribution is 0.0431. The molecule has 0 aromatic rings. The van der Waals surface area contributed by atoms with Crippen LogP contribution in [-0.2, 0) is 4.84 Å². The van der Waals surface area contributed by atoms with E-state index in [0.29, 0.717) is 6.04 Å². The van der Waals surface area contributed by atoms with Gasteiger partial charge in [-0.25, -0.2) is 0 Å².